The van der Waals surface area contributed by atoms with Crippen molar-refractivity contribution in [3.8, 4) is 0 Å². The second kappa shape index (κ2) is 8.61. The van der Waals surface area contributed by atoms with Gasteiger partial charge in [0.2, 0.25) is 16.9 Å². The average Bonchev–Trinajstić information content (AvgIpc) is 2.79. The van der Waals surface area contributed by atoms with Gasteiger partial charge >= 0.3 is 0 Å². The monoisotopic (exact) mass is 396 g/mol. The van der Waals surface area contributed by atoms with Crippen molar-refractivity contribution in [3.05, 3.63) is 125 Å². The fraction of sp³-hybridized carbons (Fsp3) is 0.125. The molecule has 1 heterocycles. The molecule has 0 amide bonds. The van der Waals surface area contributed by atoms with Crippen LogP contribution >= 0.6 is 0 Å². The van der Waals surface area contributed by atoms with Gasteiger partial charge in [0.25, 0.3) is 0 Å². The standard InChI is InChI=1S/C24H24N6/c25-22-28(16-19-10-4-1-5-11-19)23(26)30(18-21-14-8-3-9-15-21)24(27)29(22)17-20-12-6-2-7-13-20/h1-15,25-27H,16-18H2. The molecule has 0 aliphatic rings. The number of nitrogens with one attached hydrogen (secondary N) is 3. The predicted octanol–water partition coefficient (Wildman–Crippen LogP) is 2.67. The summed E-state index contributed by atoms with van der Waals surface area (Å²) in [6.07, 6.45) is 0. The molecule has 0 saturated carbocycles. The van der Waals surface area contributed by atoms with E-state index in [0.29, 0.717) is 19.6 Å². The lowest BCUT2D eigenvalue weighted by molar-refractivity contribution is 0.445. The van der Waals surface area contributed by atoms with Crippen molar-refractivity contribution >= 4 is 0 Å². The topological polar surface area (TPSA) is 86.3 Å². The molecule has 0 bridgehead atoms. The second-order valence-corrected chi connectivity index (χ2v) is 7.19. The summed E-state index contributed by atoms with van der Waals surface area (Å²) in [7, 11) is 0. The van der Waals surface area contributed by atoms with Crippen molar-refractivity contribution < 1.29 is 0 Å². The van der Waals surface area contributed by atoms with Gasteiger partial charge in [-0.2, -0.15) is 0 Å². The minimum absolute atomic E-state index is 0.141. The first kappa shape index (κ1) is 19.4. The Bertz CT molecular complexity index is 1100. The highest BCUT2D eigenvalue weighted by atomic mass is 15.3. The van der Waals surface area contributed by atoms with Crippen LogP contribution in [0.15, 0.2) is 91.0 Å². The van der Waals surface area contributed by atoms with Crippen molar-refractivity contribution in [1.29, 1.82) is 16.2 Å². The lowest BCUT2D eigenvalue weighted by Gasteiger charge is -2.19. The highest BCUT2D eigenvalue weighted by Gasteiger charge is 2.11. The summed E-state index contributed by atoms with van der Waals surface area (Å²) in [5.74, 6) is 0. The molecule has 0 aliphatic heterocycles. The molecule has 0 aliphatic carbocycles. The molecular weight excluding hydrogens is 372 g/mol. The van der Waals surface area contributed by atoms with E-state index in [4.69, 9.17) is 16.2 Å². The summed E-state index contributed by atoms with van der Waals surface area (Å²) < 4.78 is 4.96. The predicted molar refractivity (Wildman–Crippen MR) is 115 cm³/mol. The van der Waals surface area contributed by atoms with Crippen molar-refractivity contribution in [2.75, 3.05) is 0 Å². The summed E-state index contributed by atoms with van der Waals surface area (Å²) in [5, 5.41) is 26.3. The zero-order chi connectivity index (χ0) is 20.9. The van der Waals surface area contributed by atoms with Crippen LogP contribution in [-0.4, -0.2) is 13.7 Å². The van der Waals surface area contributed by atoms with Crippen LogP contribution in [0.25, 0.3) is 0 Å². The molecule has 6 heteroatoms. The van der Waals surface area contributed by atoms with Gasteiger partial charge in [0, 0.05) is 0 Å². The van der Waals surface area contributed by atoms with Gasteiger partial charge < -0.3 is 0 Å². The maximum atomic E-state index is 8.78. The Morgan fingerprint density at radius 1 is 0.400 bits per heavy atom. The van der Waals surface area contributed by atoms with Gasteiger partial charge in [-0.05, 0) is 16.7 Å². The molecule has 0 spiro atoms. The third kappa shape index (κ3) is 4.07. The van der Waals surface area contributed by atoms with Gasteiger partial charge in [0.15, 0.2) is 0 Å². The molecule has 6 nitrogen and oxygen atoms in total. The van der Waals surface area contributed by atoms with Crippen LogP contribution < -0.4 is 16.9 Å². The molecular formula is C24H24N6. The maximum Gasteiger partial charge on any atom is 0.208 e. The number of nitrogens with zero attached hydrogens (tertiary/aromatic N) is 3. The first-order valence-corrected chi connectivity index (χ1v) is 9.83. The lowest BCUT2D eigenvalue weighted by Crippen LogP contribution is -2.55. The van der Waals surface area contributed by atoms with E-state index < -0.39 is 0 Å². The van der Waals surface area contributed by atoms with Crippen molar-refractivity contribution in [2.45, 2.75) is 19.6 Å². The van der Waals surface area contributed by atoms with E-state index in [1.54, 1.807) is 13.7 Å². The van der Waals surface area contributed by atoms with E-state index in [9.17, 15) is 0 Å². The highest BCUT2D eigenvalue weighted by Crippen LogP contribution is 2.02. The number of hydrogen-bond donors (Lipinski definition) is 3. The average molecular weight is 396 g/mol. The fourth-order valence-corrected chi connectivity index (χ4v) is 3.49. The molecule has 0 unspecified atom stereocenters. The molecule has 150 valence electrons. The molecule has 0 fully saturated rings. The number of hydrogen-bond acceptors (Lipinski definition) is 3. The summed E-state index contributed by atoms with van der Waals surface area (Å²) in [6.45, 7) is 1.22. The minimum atomic E-state index is 0.141. The molecule has 0 atom stereocenters. The van der Waals surface area contributed by atoms with Crippen LogP contribution in [0.2, 0.25) is 0 Å². The van der Waals surface area contributed by atoms with E-state index in [2.05, 4.69) is 0 Å². The molecule has 0 radical (unpaired) electrons. The minimum Gasteiger partial charge on any atom is -0.278 e. The summed E-state index contributed by atoms with van der Waals surface area (Å²) in [6, 6.07) is 29.5. The Morgan fingerprint density at radius 2 is 0.633 bits per heavy atom. The van der Waals surface area contributed by atoms with Gasteiger partial charge in [-0.15, -0.1) is 0 Å². The molecule has 0 saturated heterocycles. The van der Waals surface area contributed by atoms with Crippen molar-refractivity contribution in [2.24, 2.45) is 0 Å². The largest absolute Gasteiger partial charge is 0.278 e. The van der Waals surface area contributed by atoms with Crippen LogP contribution in [0.5, 0.6) is 0 Å². The molecule has 4 aromatic rings. The summed E-state index contributed by atoms with van der Waals surface area (Å²) in [5.41, 5.74) is 3.46. The van der Waals surface area contributed by atoms with Gasteiger partial charge in [0.1, 0.15) is 0 Å². The third-order valence-corrected chi connectivity index (χ3v) is 5.08. The van der Waals surface area contributed by atoms with Crippen LogP contribution in [0.4, 0.5) is 0 Å². The van der Waals surface area contributed by atoms with Gasteiger partial charge in [-0.25, -0.2) is 0 Å². The first-order chi connectivity index (χ1) is 14.6. The summed E-state index contributed by atoms with van der Waals surface area (Å²) in [4.78, 5) is 0. The van der Waals surface area contributed by atoms with Gasteiger partial charge in [-0.1, -0.05) is 91.0 Å². The fourth-order valence-electron chi connectivity index (χ4n) is 3.49. The quantitative estimate of drug-likeness (QED) is 0.448. The van der Waals surface area contributed by atoms with Gasteiger partial charge in [-0.3, -0.25) is 29.9 Å². The van der Waals surface area contributed by atoms with Crippen LogP contribution in [0.3, 0.4) is 0 Å². The molecule has 3 aromatic carbocycles. The number of benzene rings is 3. The molecule has 1 aromatic heterocycles. The number of aromatic nitrogens is 3. The Morgan fingerprint density at radius 3 is 0.867 bits per heavy atom. The summed E-state index contributed by atoms with van der Waals surface area (Å²) >= 11 is 0. The highest BCUT2D eigenvalue weighted by molar-refractivity contribution is 5.17. The van der Waals surface area contributed by atoms with Crippen LogP contribution in [0, 0.1) is 16.2 Å². The Kier molecular flexibility index (Phi) is 5.57. The normalized spacial score (nSPS) is 10.8. The van der Waals surface area contributed by atoms with E-state index in [1.165, 1.54) is 0 Å². The van der Waals surface area contributed by atoms with E-state index >= 15 is 0 Å². The molecule has 4 rings (SSSR count). The Labute approximate surface area is 174 Å². The van der Waals surface area contributed by atoms with Crippen molar-refractivity contribution in [3.63, 3.8) is 0 Å². The van der Waals surface area contributed by atoms with Crippen LogP contribution in [0.1, 0.15) is 16.7 Å². The Hall–Kier alpha value is -3.93. The lowest BCUT2D eigenvalue weighted by atomic mass is 10.2. The SMILES string of the molecule is N=c1n(Cc2ccccc2)c(=N)n(Cc2ccccc2)c(=N)n1Cc1ccccc1. The van der Waals surface area contributed by atoms with E-state index in [1.807, 2.05) is 91.0 Å². The first-order valence-electron chi connectivity index (χ1n) is 9.83. The smallest absolute Gasteiger partial charge is 0.208 e. The zero-order valence-corrected chi connectivity index (χ0v) is 16.6. The van der Waals surface area contributed by atoms with Crippen LogP contribution in [-0.2, 0) is 19.6 Å². The van der Waals surface area contributed by atoms with E-state index in [0.717, 1.165) is 16.7 Å². The molecule has 3 N–H and O–H groups in total. The third-order valence-electron chi connectivity index (χ3n) is 5.08. The van der Waals surface area contributed by atoms with E-state index in [-0.39, 0.29) is 16.9 Å². The molecule has 30 heavy (non-hydrogen) atoms. The van der Waals surface area contributed by atoms with Crippen molar-refractivity contribution in [1.82, 2.24) is 13.7 Å². The number of rotatable bonds is 6. The second-order valence-electron chi connectivity index (χ2n) is 7.19. The Balaban J connectivity index is 1.87. The zero-order valence-electron chi connectivity index (χ0n) is 16.6. The maximum absolute atomic E-state index is 8.78. The van der Waals surface area contributed by atoms with Gasteiger partial charge in [0.05, 0.1) is 19.6 Å².